The number of nitrogens with zero attached hydrogens (tertiary/aromatic N) is 2. The van der Waals surface area contributed by atoms with Crippen molar-refractivity contribution in [2.24, 2.45) is 0 Å². The Hall–Kier alpha value is -2.74. The third-order valence-corrected chi connectivity index (χ3v) is 5.34. The van der Waals surface area contributed by atoms with Gasteiger partial charge in [0.1, 0.15) is 17.6 Å². The molecule has 0 fully saturated rings. The van der Waals surface area contributed by atoms with Crippen molar-refractivity contribution in [3.63, 3.8) is 0 Å². The molecule has 0 saturated carbocycles. The SMILES string of the molecule is C=C1CC(F)(F)CC/C(S(=O)(=O)C(F)(F)F)=C\C=C1Oc1cncc(C#N)c1. The first-order valence-electron chi connectivity index (χ1n) is 7.67. The van der Waals surface area contributed by atoms with Crippen molar-refractivity contribution in [1.29, 1.82) is 5.26 Å². The van der Waals surface area contributed by atoms with Crippen molar-refractivity contribution in [3.05, 3.63) is 59.0 Å². The van der Waals surface area contributed by atoms with E-state index in [4.69, 9.17) is 10.00 Å². The summed E-state index contributed by atoms with van der Waals surface area (Å²) in [6, 6.07) is 3.01. The van der Waals surface area contributed by atoms with Gasteiger partial charge in [0.15, 0.2) is 0 Å². The molecule has 1 aromatic rings. The molecule has 11 heteroatoms. The average molecular weight is 420 g/mol. The van der Waals surface area contributed by atoms with Gasteiger partial charge in [0.05, 0.1) is 16.7 Å². The molecule has 0 bridgehead atoms. The molecule has 0 saturated heterocycles. The van der Waals surface area contributed by atoms with E-state index in [0.29, 0.717) is 6.08 Å². The summed E-state index contributed by atoms with van der Waals surface area (Å²) in [6.45, 7) is 3.45. The maximum Gasteiger partial charge on any atom is 0.501 e. The molecule has 0 N–H and O–H groups in total. The van der Waals surface area contributed by atoms with Crippen molar-refractivity contribution < 1.29 is 35.1 Å². The number of pyridine rings is 1. The Balaban J connectivity index is 2.51. The summed E-state index contributed by atoms with van der Waals surface area (Å²) in [7, 11) is -5.79. The summed E-state index contributed by atoms with van der Waals surface area (Å²) in [6.07, 6.45) is 0.709. The number of nitriles is 1. The topological polar surface area (TPSA) is 80.1 Å². The number of rotatable bonds is 3. The minimum Gasteiger partial charge on any atom is -0.455 e. The molecular weight excluding hydrogens is 407 g/mol. The largest absolute Gasteiger partial charge is 0.501 e. The van der Waals surface area contributed by atoms with Crippen LogP contribution in [0.3, 0.4) is 0 Å². The maximum absolute atomic E-state index is 14.1. The summed E-state index contributed by atoms with van der Waals surface area (Å²) in [5.74, 6) is -3.92. The standard InChI is InChI=1S/C17H13F5N2O3S/c1-11-7-16(18,19)5-4-14(28(25,26)17(20,21)22)2-3-15(11)27-13-6-12(8-23)9-24-10-13/h2-3,6,9-10H,1,4-5,7H2/b14-2+,15-3?. The molecule has 0 unspecified atom stereocenters. The minimum atomic E-state index is -5.79. The second kappa shape index (κ2) is 7.71. The lowest BCUT2D eigenvalue weighted by Gasteiger charge is -2.19. The first-order valence-corrected chi connectivity index (χ1v) is 9.15. The van der Waals surface area contributed by atoms with Gasteiger partial charge in [0.2, 0.25) is 0 Å². The van der Waals surface area contributed by atoms with Crippen LogP contribution in [0.15, 0.2) is 53.4 Å². The van der Waals surface area contributed by atoms with E-state index in [1.54, 1.807) is 6.07 Å². The van der Waals surface area contributed by atoms with E-state index in [1.807, 2.05) is 0 Å². The lowest BCUT2D eigenvalue weighted by atomic mass is 10.0. The molecular formula is C17H13F5N2O3S. The zero-order chi connectivity index (χ0) is 21.2. The Bertz CT molecular complexity index is 989. The summed E-state index contributed by atoms with van der Waals surface area (Å²) >= 11 is 0. The van der Waals surface area contributed by atoms with Crippen LogP contribution in [0, 0.1) is 11.3 Å². The number of alkyl halides is 5. The molecule has 1 heterocycles. The average Bonchev–Trinajstić information content (AvgIpc) is 2.63. The van der Waals surface area contributed by atoms with Crippen LogP contribution in [0.4, 0.5) is 22.0 Å². The molecule has 150 valence electrons. The van der Waals surface area contributed by atoms with Gasteiger partial charge in [-0.15, -0.1) is 0 Å². The number of allylic oxidation sites excluding steroid dienone is 4. The van der Waals surface area contributed by atoms with Gasteiger partial charge >= 0.3 is 5.51 Å². The van der Waals surface area contributed by atoms with Crippen LogP contribution in [0.25, 0.3) is 0 Å². The Morgan fingerprint density at radius 3 is 2.54 bits per heavy atom. The van der Waals surface area contributed by atoms with Crippen molar-refractivity contribution in [1.82, 2.24) is 4.98 Å². The van der Waals surface area contributed by atoms with Gasteiger partial charge in [-0.05, 0) is 24.1 Å². The lowest BCUT2D eigenvalue weighted by molar-refractivity contribution is -0.0431. The molecule has 0 aromatic carbocycles. The van der Waals surface area contributed by atoms with Crippen molar-refractivity contribution >= 4 is 9.84 Å². The van der Waals surface area contributed by atoms with Crippen molar-refractivity contribution in [2.45, 2.75) is 30.7 Å². The van der Waals surface area contributed by atoms with Gasteiger partial charge in [0, 0.05) is 25.1 Å². The summed E-state index contributed by atoms with van der Waals surface area (Å²) in [4.78, 5) is 2.50. The zero-order valence-corrected chi connectivity index (χ0v) is 14.9. The number of aromatic nitrogens is 1. The number of sulfone groups is 1. The van der Waals surface area contributed by atoms with Crippen LogP contribution in [0.1, 0.15) is 24.8 Å². The van der Waals surface area contributed by atoms with E-state index in [-0.39, 0.29) is 22.6 Å². The van der Waals surface area contributed by atoms with Crippen LogP contribution in [-0.2, 0) is 9.84 Å². The molecule has 0 amide bonds. The highest BCUT2D eigenvalue weighted by Crippen LogP contribution is 2.38. The number of ether oxygens (including phenoxy) is 1. The molecule has 0 radical (unpaired) electrons. The molecule has 0 atom stereocenters. The highest BCUT2D eigenvalue weighted by atomic mass is 32.2. The Labute approximate surface area is 157 Å². The minimum absolute atomic E-state index is 0.0531. The molecule has 28 heavy (non-hydrogen) atoms. The van der Waals surface area contributed by atoms with Crippen molar-refractivity contribution in [2.75, 3.05) is 0 Å². The fourth-order valence-electron chi connectivity index (χ4n) is 2.31. The van der Waals surface area contributed by atoms with Gasteiger partial charge in [-0.1, -0.05) is 6.58 Å². The lowest BCUT2D eigenvalue weighted by Crippen LogP contribution is -2.26. The van der Waals surface area contributed by atoms with E-state index < -0.39 is 45.4 Å². The molecule has 0 aliphatic heterocycles. The molecule has 5 nitrogen and oxygen atoms in total. The van der Waals surface area contributed by atoms with Gasteiger partial charge in [-0.2, -0.15) is 18.4 Å². The smallest absolute Gasteiger partial charge is 0.455 e. The highest BCUT2D eigenvalue weighted by molar-refractivity contribution is 7.96. The summed E-state index contributed by atoms with van der Waals surface area (Å²) in [5, 5.41) is 8.85. The normalized spacial score (nSPS) is 19.9. The van der Waals surface area contributed by atoms with Crippen LogP contribution in [-0.4, -0.2) is 24.8 Å². The molecule has 2 rings (SSSR count). The molecule has 0 spiro atoms. The van der Waals surface area contributed by atoms with E-state index in [9.17, 15) is 30.4 Å². The molecule has 1 aromatic heterocycles. The van der Waals surface area contributed by atoms with Gasteiger partial charge in [0.25, 0.3) is 15.8 Å². The monoisotopic (exact) mass is 420 g/mol. The number of hydrogen-bond donors (Lipinski definition) is 0. The van der Waals surface area contributed by atoms with Crippen LogP contribution >= 0.6 is 0 Å². The summed E-state index contributed by atoms with van der Waals surface area (Å²) in [5.41, 5.74) is -5.79. The number of halogens is 5. The first-order chi connectivity index (χ1) is 12.9. The fourth-order valence-corrected chi connectivity index (χ4v) is 3.22. The third kappa shape index (κ3) is 4.95. The van der Waals surface area contributed by atoms with Crippen LogP contribution < -0.4 is 4.74 Å². The van der Waals surface area contributed by atoms with Gasteiger partial charge < -0.3 is 4.74 Å². The third-order valence-electron chi connectivity index (χ3n) is 3.70. The Morgan fingerprint density at radius 2 is 1.93 bits per heavy atom. The van der Waals surface area contributed by atoms with Crippen LogP contribution in [0.2, 0.25) is 0 Å². The van der Waals surface area contributed by atoms with Gasteiger partial charge in [-0.3, -0.25) is 4.98 Å². The van der Waals surface area contributed by atoms with Crippen LogP contribution in [0.5, 0.6) is 5.75 Å². The summed E-state index contributed by atoms with van der Waals surface area (Å²) < 4.78 is 95.2. The molecule has 1 aliphatic rings. The second-order valence-electron chi connectivity index (χ2n) is 5.87. The molecule has 1 aliphatic carbocycles. The fraction of sp³-hybridized carbons (Fsp3) is 0.294. The zero-order valence-electron chi connectivity index (χ0n) is 14.1. The van der Waals surface area contributed by atoms with E-state index in [0.717, 1.165) is 12.3 Å². The highest BCUT2D eigenvalue weighted by Gasteiger charge is 2.48. The maximum atomic E-state index is 14.1. The first kappa shape index (κ1) is 21.6. The Morgan fingerprint density at radius 1 is 1.25 bits per heavy atom. The van der Waals surface area contributed by atoms with E-state index in [1.165, 1.54) is 12.3 Å². The van der Waals surface area contributed by atoms with Crippen molar-refractivity contribution in [3.8, 4) is 11.8 Å². The predicted molar refractivity (Wildman–Crippen MR) is 88.7 cm³/mol. The second-order valence-corrected chi connectivity index (χ2v) is 7.87. The number of hydrogen-bond acceptors (Lipinski definition) is 5. The predicted octanol–water partition coefficient (Wildman–Crippen LogP) is 4.41. The van der Waals surface area contributed by atoms with Gasteiger partial charge in [-0.25, -0.2) is 17.2 Å². The Kier molecular flexibility index (Phi) is 5.94. The van der Waals surface area contributed by atoms with E-state index >= 15 is 0 Å². The quantitative estimate of drug-likeness (QED) is 0.677. The van der Waals surface area contributed by atoms with E-state index in [2.05, 4.69) is 11.6 Å².